The second-order valence-electron chi connectivity index (χ2n) is 4.27. The minimum atomic E-state index is 0.437. The Labute approximate surface area is 133 Å². The third kappa shape index (κ3) is 4.71. The van der Waals surface area contributed by atoms with Gasteiger partial charge in [-0.05, 0) is 48.5 Å². The Hall–Kier alpha value is -2.16. The van der Waals surface area contributed by atoms with Crippen molar-refractivity contribution in [1.29, 1.82) is 5.26 Å². The molecule has 1 aromatic carbocycles. The fraction of sp³-hybridized carbons (Fsp3) is 0.133. The van der Waals surface area contributed by atoms with Gasteiger partial charge >= 0.3 is 0 Å². The molecule has 1 heterocycles. The van der Waals surface area contributed by atoms with Crippen LogP contribution in [0.5, 0.6) is 0 Å². The molecule has 0 aliphatic rings. The maximum atomic E-state index is 8.98. The van der Waals surface area contributed by atoms with Crippen molar-refractivity contribution in [1.82, 2.24) is 10.3 Å². The average Bonchev–Trinajstić information content (AvgIpc) is 2.48. The number of aromatic nitrogens is 1. The van der Waals surface area contributed by atoms with Crippen LogP contribution in [0.1, 0.15) is 11.1 Å². The zero-order chi connectivity index (χ0) is 15.1. The molecule has 0 saturated heterocycles. The lowest BCUT2D eigenvalue weighted by atomic mass is 10.1. The van der Waals surface area contributed by atoms with Crippen molar-refractivity contribution < 1.29 is 0 Å². The summed E-state index contributed by atoms with van der Waals surface area (Å²) in [7, 11) is 0. The molecule has 106 valence electrons. The average molecular weight is 317 g/mol. The lowest BCUT2D eigenvalue weighted by Crippen LogP contribution is -2.30. The molecule has 4 nitrogen and oxygen atoms in total. The number of nitrogens with one attached hydrogen (secondary N) is 2. The molecule has 0 amide bonds. The SMILES string of the molecule is N#Cc1cccnc1NC(=S)NCCc1cccc(Cl)c1. The number of thiocarbonyl (C=S) groups is 1. The molecule has 2 rings (SSSR count). The van der Waals surface area contributed by atoms with Crippen LogP contribution < -0.4 is 10.6 Å². The summed E-state index contributed by atoms with van der Waals surface area (Å²) >= 11 is 11.1. The molecule has 1 aromatic heterocycles. The zero-order valence-corrected chi connectivity index (χ0v) is 12.7. The number of nitriles is 1. The number of halogens is 1. The standard InChI is InChI=1S/C15H13ClN4S/c16-13-5-1-3-11(9-13)6-8-19-15(21)20-14-12(10-17)4-2-7-18-14/h1-5,7,9H,6,8H2,(H2,18,19,20,21). The van der Waals surface area contributed by atoms with E-state index in [1.165, 1.54) is 0 Å². The van der Waals surface area contributed by atoms with Crippen molar-refractivity contribution in [3.05, 3.63) is 58.7 Å². The molecule has 0 spiro atoms. The molecule has 0 aliphatic carbocycles. The van der Waals surface area contributed by atoms with Crippen LogP contribution in [-0.4, -0.2) is 16.6 Å². The number of rotatable bonds is 4. The highest BCUT2D eigenvalue weighted by atomic mass is 35.5. The van der Waals surface area contributed by atoms with Crippen LogP contribution in [0, 0.1) is 11.3 Å². The maximum absolute atomic E-state index is 8.98. The van der Waals surface area contributed by atoms with Gasteiger partial charge in [0.05, 0.1) is 5.56 Å². The van der Waals surface area contributed by atoms with Crippen LogP contribution >= 0.6 is 23.8 Å². The third-order valence-electron chi connectivity index (χ3n) is 2.75. The fourth-order valence-electron chi connectivity index (χ4n) is 1.76. The van der Waals surface area contributed by atoms with Crippen molar-refractivity contribution in [2.24, 2.45) is 0 Å². The number of hydrogen-bond donors (Lipinski definition) is 2. The number of benzene rings is 1. The Morgan fingerprint density at radius 3 is 2.95 bits per heavy atom. The van der Waals surface area contributed by atoms with Crippen LogP contribution in [0.15, 0.2) is 42.6 Å². The molecule has 6 heteroatoms. The quantitative estimate of drug-likeness (QED) is 0.849. The second kappa shape index (κ2) is 7.58. The van der Waals surface area contributed by atoms with E-state index in [1.54, 1.807) is 18.3 Å². The second-order valence-corrected chi connectivity index (χ2v) is 5.12. The zero-order valence-electron chi connectivity index (χ0n) is 11.1. The highest BCUT2D eigenvalue weighted by molar-refractivity contribution is 7.80. The van der Waals surface area contributed by atoms with Crippen LogP contribution in [0.2, 0.25) is 5.02 Å². The van der Waals surface area contributed by atoms with Crippen molar-refractivity contribution in [2.75, 3.05) is 11.9 Å². The van der Waals surface area contributed by atoms with Gasteiger partial charge in [-0.1, -0.05) is 23.7 Å². The minimum Gasteiger partial charge on any atom is -0.362 e. The van der Waals surface area contributed by atoms with Gasteiger partial charge in [-0.2, -0.15) is 5.26 Å². The van der Waals surface area contributed by atoms with Gasteiger partial charge in [-0.3, -0.25) is 0 Å². The molecule has 0 fully saturated rings. The predicted molar refractivity (Wildman–Crippen MR) is 88.3 cm³/mol. The summed E-state index contributed by atoms with van der Waals surface area (Å²) in [5.41, 5.74) is 1.59. The Morgan fingerprint density at radius 2 is 2.19 bits per heavy atom. The van der Waals surface area contributed by atoms with Crippen LogP contribution in [-0.2, 0) is 6.42 Å². The van der Waals surface area contributed by atoms with E-state index in [4.69, 9.17) is 29.1 Å². The first-order valence-corrected chi connectivity index (χ1v) is 7.12. The third-order valence-corrected chi connectivity index (χ3v) is 3.23. The summed E-state index contributed by atoms with van der Waals surface area (Å²) in [4.78, 5) is 4.09. The highest BCUT2D eigenvalue weighted by Crippen LogP contribution is 2.11. The van der Waals surface area contributed by atoms with Gasteiger partial charge in [0.15, 0.2) is 5.11 Å². The molecule has 2 N–H and O–H groups in total. The van der Waals surface area contributed by atoms with Gasteiger partial charge in [0.25, 0.3) is 0 Å². The Balaban J connectivity index is 1.84. The maximum Gasteiger partial charge on any atom is 0.171 e. The van der Waals surface area contributed by atoms with Gasteiger partial charge in [0, 0.05) is 17.8 Å². The molecule has 0 aliphatic heterocycles. The number of pyridine rings is 1. The van der Waals surface area contributed by atoms with E-state index in [1.807, 2.05) is 24.3 Å². The van der Waals surface area contributed by atoms with E-state index in [0.717, 1.165) is 17.0 Å². The molecule has 0 bridgehead atoms. The highest BCUT2D eigenvalue weighted by Gasteiger charge is 2.04. The van der Waals surface area contributed by atoms with Gasteiger partial charge in [0.1, 0.15) is 11.9 Å². The first-order chi connectivity index (χ1) is 10.2. The number of anilines is 1. The number of nitrogens with zero attached hydrogens (tertiary/aromatic N) is 2. The van der Waals surface area contributed by atoms with Gasteiger partial charge in [-0.25, -0.2) is 4.98 Å². The van der Waals surface area contributed by atoms with E-state index < -0.39 is 0 Å². The molecular weight excluding hydrogens is 304 g/mol. The molecule has 0 saturated carbocycles. The molecule has 0 unspecified atom stereocenters. The summed E-state index contributed by atoms with van der Waals surface area (Å²) in [6, 6.07) is 13.1. The molecule has 21 heavy (non-hydrogen) atoms. The van der Waals surface area contributed by atoms with Crippen molar-refractivity contribution in [3.8, 4) is 6.07 Å². The van der Waals surface area contributed by atoms with Gasteiger partial charge < -0.3 is 10.6 Å². The molecular formula is C15H13ClN4S. The summed E-state index contributed by atoms with van der Waals surface area (Å²) < 4.78 is 0. The van der Waals surface area contributed by atoms with E-state index >= 15 is 0 Å². The molecule has 2 aromatic rings. The van der Waals surface area contributed by atoms with E-state index in [0.29, 0.717) is 23.0 Å². The molecule has 0 radical (unpaired) electrons. The minimum absolute atomic E-state index is 0.437. The lowest BCUT2D eigenvalue weighted by Gasteiger charge is -2.10. The van der Waals surface area contributed by atoms with Crippen LogP contribution in [0.3, 0.4) is 0 Å². The summed E-state index contributed by atoms with van der Waals surface area (Å²) in [6.07, 6.45) is 2.41. The first-order valence-electron chi connectivity index (χ1n) is 6.33. The summed E-state index contributed by atoms with van der Waals surface area (Å²) in [5.74, 6) is 0.459. The van der Waals surface area contributed by atoms with Gasteiger partial charge in [0.2, 0.25) is 0 Å². The Bertz CT molecular complexity index is 681. The van der Waals surface area contributed by atoms with Gasteiger partial charge in [-0.15, -0.1) is 0 Å². The smallest absolute Gasteiger partial charge is 0.171 e. The number of hydrogen-bond acceptors (Lipinski definition) is 3. The Morgan fingerprint density at radius 1 is 1.33 bits per heavy atom. The summed E-state index contributed by atoms with van der Waals surface area (Å²) in [6.45, 7) is 0.668. The summed E-state index contributed by atoms with van der Waals surface area (Å²) in [5, 5.41) is 16.1. The monoisotopic (exact) mass is 316 g/mol. The van der Waals surface area contributed by atoms with E-state index in [-0.39, 0.29) is 0 Å². The van der Waals surface area contributed by atoms with Crippen LogP contribution in [0.4, 0.5) is 5.82 Å². The predicted octanol–water partition coefficient (Wildman–Crippen LogP) is 3.14. The largest absolute Gasteiger partial charge is 0.362 e. The topological polar surface area (TPSA) is 60.7 Å². The Kier molecular flexibility index (Phi) is 5.50. The normalized spacial score (nSPS) is 9.71. The fourth-order valence-corrected chi connectivity index (χ4v) is 2.17. The van der Waals surface area contributed by atoms with Crippen molar-refractivity contribution >= 4 is 34.7 Å². The van der Waals surface area contributed by atoms with Crippen LogP contribution in [0.25, 0.3) is 0 Å². The van der Waals surface area contributed by atoms with E-state index in [9.17, 15) is 0 Å². The molecule has 0 atom stereocenters. The van der Waals surface area contributed by atoms with Crippen molar-refractivity contribution in [2.45, 2.75) is 6.42 Å². The van der Waals surface area contributed by atoms with E-state index in [2.05, 4.69) is 21.7 Å². The van der Waals surface area contributed by atoms with Crippen molar-refractivity contribution in [3.63, 3.8) is 0 Å². The first kappa shape index (κ1) is 15.2. The lowest BCUT2D eigenvalue weighted by molar-refractivity contribution is 0.873.